The summed E-state index contributed by atoms with van der Waals surface area (Å²) in [6.45, 7) is 0. The number of nitrogens with zero attached hydrogens (tertiary/aromatic N) is 2. The Morgan fingerprint density at radius 2 is 1.83 bits per heavy atom. The molecule has 9 heteroatoms. The normalized spacial score (nSPS) is 17.8. The molecule has 0 saturated carbocycles. The number of hydrogen-bond acceptors (Lipinski definition) is 8. The number of methoxy groups -OCH3 is 3. The van der Waals surface area contributed by atoms with Gasteiger partial charge >= 0.3 is 5.97 Å². The first-order valence-electron chi connectivity index (χ1n) is 8.72. The number of ether oxygens (including phenoxy) is 3. The lowest BCUT2D eigenvalue weighted by atomic mass is 9.87. The Morgan fingerprint density at radius 3 is 2.41 bits per heavy atom. The SMILES string of the molecule is COC(=O)C1(Cc2cc(OC)c(OC)cc2[N+](=O)[O-])CC(c2ccccc2)=NO1. The van der Waals surface area contributed by atoms with Gasteiger partial charge in [-0.15, -0.1) is 0 Å². The third-order valence-corrected chi connectivity index (χ3v) is 4.71. The number of nitro benzene ring substituents is 1. The van der Waals surface area contributed by atoms with Gasteiger partial charge in [-0.25, -0.2) is 4.79 Å². The van der Waals surface area contributed by atoms with Gasteiger partial charge in [0, 0.05) is 18.4 Å². The zero-order chi connectivity index (χ0) is 21.0. The second-order valence-corrected chi connectivity index (χ2v) is 6.43. The van der Waals surface area contributed by atoms with Gasteiger partial charge < -0.3 is 19.0 Å². The Kier molecular flexibility index (Phi) is 5.67. The van der Waals surface area contributed by atoms with Crippen LogP contribution in [0.3, 0.4) is 0 Å². The summed E-state index contributed by atoms with van der Waals surface area (Å²) in [6.07, 6.45) is -0.0225. The van der Waals surface area contributed by atoms with Gasteiger partial charge in [0.15, 0.2) is 11.5 Å². The summed E-state index contributed by atoms with van der Waals surface area (Å²) >= 11 is 0. The van der Waals surface area contributed by atoms with Crippen molar-refractivity contribution in [2.75, 3.05) is 21.3 Å². The van der Waals surface area contributed by atoms with Crippen LogP contribution in [0.2, 0.25) is 0 Å². The van der Waals surface area contributed by atoms with E-state index >= 15 is 0 Å². The topological polar surface area (TPSA) is 109 Å². The molecule has 152 valence electrons. The van der Waals surface area contributed by atoms with Gasteiger partial charge in [0.1, 0.15) is 0 Å². The van der Waals surface area contributed by atoms with Crippen LogP contribution in [0.15, 0.2) is 47.6 Å². The van der Waals surface area contributed by atoms with Crippen molar-refractivity contribution in [3.05, 3.63) is 63.7 Å². The lowest BCUT2D eigenvalue weighted by molar-refractivity contribution is -0.385. The van der Waals surface area contributed by atoms with Crippen LogP contribution in [-0.4, -0.2) is 43.5 Å². The van der Waals surface area contributed by atoms with E-state index in [0.717, 1.165) is 5.56 Å². The monoisotopic (exact) mass is 400 g/mol. The van der Waals surface area contributed by atoms with E-state index in [1.807, 2.05) is 30.3 Å². The van der Waals surface area contributed by atoms with Crippen LogP contribution in [0.1, 0.15) is 17.5 Å². The van der Waals surface area contributed by atoms with Crippen LogP contribution in [-0.2, 0) is 20.8 Å². The first kappa shape index (κ1) is 20.1. The molecule has 3 rings (SSSR count). The van der Waals surface area contributed by atoms with E-state index in [-0.39, 0.29) is 29.8 Å². The Bertz CT molecular complexity index is 959. The van der Waals surface area contributed by atoms with E-state index in [0.29, 0.717) is 11.5 Å². The highest BCUT2D eigenvalue weighted by Crippen LogP contribution is 2.39. The molecule has 0 aromatic heterocycles. The van der Waals surface area contributed by atoms with Gasteiger partial charge in [-0.2, -0.15) is 0 Å². The first-order valence-corrected chi connectivity index (χ1v) is 8.72. The summed E-state index contributed by atoms with van der Waals surface area (Å²) in [4.78, 5) is 29.2. The van der Waals surface area contributed by atoms with Crippen molar-refractivity contribution >= 4 is 17.4 Å². The molecule has 1 aliphatic heterocycles. The number of nitro groups is 1. The van der Waals surface area contributed by atoms with E-state index in [9.17, 15) is 14.9 Å². The summed E-state index contributed by atoms with van der Waals surface area (Å²) in [7, 11) is 4.04. The maximum absolute atomic E-state index is 12.6. The van der Waals surface area contributed by atoms with Gasteiger partial charge in [0.05, 0.1) is 38.0 Å². The molecule has 2 aromatic carbocycles. The van der Waals surface area contributed by atoms with Gasteiger partial charge in [-0.1, -0.05) is 35.5 Å². The predicted octanol–water partition coefficient (Wildman–Crippen LogP) is 2.89. The number of esters is 1. The molecule has 0 bridgehead atoms. The van der Waals surface area contributed by atoms with Crippen molar-refractivity contribution in [2.24, 2.45) is 5.16 Å². The number of rotatable bonds is 7. The molecule has 1 atom stereocenters. The molecule has 9 nitrogen and oxygen atoms in total. The standard InChI is InChI=1S/C20H20N2O7/c1-26-17-9-14(16(22(24)25)10-18(17)27-2)11-20(19(23)28-3)12-15(21-29-20)13-7-5-4-6-8-13/h4-10H,11-12H2,1-3H3. The number of carbonyl (C=O) groups excluding carboxylic acids is 1. The van der Waals surface area contributed by atoms with E-state index in [2.05, 4.69) is 5.16 Å². The molecule has 1 heterocycles. The average molecular weight is 400 g/mol. The number of hydrogen-bond donors (Lipinski definition) is 0. The summed E-state index contributed by atoms with van der Waals surface area (Å²) in [5.74, 6) is -0.157. The van der Waals surface area contributed by atoms with Gasteiger partial charge in [0.2, 0.25) is 5.60 Å². The van der Waals surface area contributed by atoms with E-state index < -0.39 is 16.5 Å². The lowest BCUT2D eigenvalue weighted by Crippen LogP contribution is -2.42. The minimum atomic E-state index is -1.52. The van der Waals surface area contributed by atoms with Crippen LogP contribution in [0.5, 0.6) is 11.5 Å². The van der Waals surface area contributed by atoms with Crippen molar-refractivity contribution in [3.8, 4) is 11.5 Å². The predicted molar refractivity (Wildman–Crippen MR) is 103 cm³/mol. The molecule has 0 fully saturated rings. The quantitative estimate of drug-likeness (QED) is 0.399. The summed E-state index contributed by atoms with van der Waals surface area (Å²) < 4.78 is 15.3. The fraction of sp³-hybridized carbons (Fsp3) is 0.300. The van der Waals surface area contributed by atoms with Crippen molar-refractivity contribution in [2.45, 2.75) is 18.4 Å². The molecule has 0 amide bonds. The molecular formula is C20H20N2O7. The molecular weight excluding hydrogens is 380 g/mol. The highest BCUT2D eigenvalue weighted by Gasteiger charge is 2.49. The number of benzene rings is 2. The minimum absolute atomic E-state index is 0.106. The van der Waals surface area contributed by atoms with Gasteiger partial charge in [-0.05, 0) is 11.6 Å². The molecule has 0 aliphatic carbocycles. The minimum Gasteiger partial charge on any atom is -0.493 e. The molecule has 1 aliphatic rings. The van der Waals surface area contributed by atoms with Crippen molar-refractivity contribution < 1.29 is 28.8 Å². The molecule has 1 unspecified atom stereocenters. The van der Waals surface area contributed by atoms with E-state index in [1.165, 1.54) is 33.5 Å². The average Bonchev–Trinajstić information content (AvgIpc) is 3.18. The lowest BCUT2D eigenvalue weighted by Gasteiger charge is -2.24. The molecule has 2 aromatic rings. The Balaban J connectivity index is 2.01. The second kappa shape index (κ2) is 8.17. The third kappa shape index (κ3) is 3.84. The fourth-order valence-electron chi connectivity index (χ4n) is 3.25. The molecule has 0 spiro atoms. The maximum atomic E-state index is 12.6. The summed E-state index contributed by atoms with van der Waals surface area (Å²) in [5, 5.41) is 15.7. The highest BCUT2D eigenvalue weighted by molar-refractivity contribution is 6.04. The van der Waals surface area contributed by atoms with Gasteiger partial charge in [-0.3, -0.25) is 10.1 Å². The molecule has 29 heavy (non-hydrogen) atoms. The molecule has 0 N–H and O–H groups in total. The third-order valence-electron chi connectivity index (χ3n) is 4.71. The Morgan fingerprint density at radius 1 is 1.17 bits per heavy atom. The highest BCUT2D eigenvalue weighted by atomic mass is 16.7. The number of carbonyl (C=O) groups is 1. The second-order valence-electron chi connectivity index (χ2n) is 6.43. The molecule has 0 saturated heterocycles. The smallest absolute Gasteiger partial charge is 0.353 e. The maximum Gasteiger partial charge on any atom is 0.353 e. The van der Waals surface area contributed by atoms with Crippen LogP contribution in [0.4, 0.5) is 5.69 Å². The van der Waals surface area contributed by atoms with Crippen LogP contribution in [0, 0.1) is 10.1 Å². The van der Waals surface area contributed by atoms with Crippen molar-refractivity contribution in [3.63, 3.8) is 0 Å². The van der Waals surface area contributed by atoms with Crippen molar-refractivity contribution in [1.82, 2.24) is 0 Å². The van der Waals surface area contributed by atoms with Crippen molar-refractivity contribution in [1.29, 1.82) is 0 Å². The summed E-state index contributed by atoms with van der Waals surface area (Å²) in [5.41, 5.74) is -0.158. The van der Waals surface area contributed by atoms with Crippen LogP contribution < -0.4 is 9.47 Å². The number of oxime groups is 1. The Hall–Kier alpha value is -3.62. The van der Waals surface area contributed by atoms with Crippen LogP contribution in [0.25, 0.3) is 0 Å². The van der Waals surface area contributed by atoms with Gasteiger partial charge in [0.25, 0.3) is 5.69 Å². The first-order chi connectivity index (χ1) is 13.9. The Labute approximate surface area is 167 Å². The fourth-order valence-corrected chi connectivity index (χ4v) is 3.25. The zero-order valence-corrected chi connectivity index (χ0v) is 16.2. The largest absolute Gasteiger partial charge is 0.493 e. The molecule has 0 radical (unpaired) electrons. The zero-order valence-electron chi connectivity index (χ0n) is 16.2. The van der Waals surface area contributed by atoms with E-state index in [1.54, 1.807) is 0 Å². The van der Waals surface area contributed by atoms with E-state index in [4.69, 9.17) is 19.0 Å². The summed E-state index contributed by atoms with van der Waals surface area (Å²) in [6, 6.07) is 12.0. The van der Waals surface area contributed by atoms with Crippen LogP contribution >= 0.6 is 0 Å².